The maximum atomic E-state index is 6.10. The predicted octanol–water partition coefficient (Wildman–Crippen LogP) is 3.26. The molecule has 3 unspecified atom stereocenters. The van der Waals surface area contributed by atoms with Crippen molar-refractivity contribution in [1.29, 1.82) is 0 Å². The van der Waals surface area contributed by atoms with Crippen LogP contribution >= 0.6 is 0 Å². The molecule has 3 atom stereocenters. The third kappa shape index (κ3) is 3.15. The van der Waals surface area contributed by atoms with Crippen LogP contribution in [0.2, 0.25) is 0 Å². The monoisotopic (exact) mass is 277 g/mol. The summed E-state index contributed by atoms with van der Waals surface area (Å²) in [6, 6.07) is 6.82. The molecule has 0 aromatic heterocycles. The number of hydrogen-bond donors (Lipinski definition) is 1. The molecule has 0 saturated heterocycles. The van der Waals surface area contributed by atoms with Gasteiger partial charge in [0.15, 0.2) is 0 Å². The summed E-state index contributed by atoms with van der Waals surface area (Å²) >= 11 is 0. The highest BCUT2D eigenvalue weighted by Gasteiger charge is 2.42. The molecule has 112 valence electrons. The molecule has 1 N–H and O–H groups in total. The van der Waals surface area contributed by atoms with Crippen LogP contribution in [0.15, 0.2) is 18.2 Å². The van der Waals surface area contributed by atoms with E-state index in [9.17, 15) is 0 Å². The van der Waals surface area contributed by atoms with Crippen LogP contribution in [-0.2, 0) is 4.74 Å². The van der Waals surface area contributed by atoms with Gasteiger partial charge in [-0.1, -0.05) is 19.9 Å². The second-order valence-electron chi connectivity index (χ2n) is 5.88. The van der Waals surface area contributed by atoms with Crippen molar-refractivity contribution in [2.24, 2.45) is 0 Å². The van der Waals surface area contributed by atoms with Gasteiger partial charge in [-0.25, -0.2) is 0 Å². The van der Waals surface area contributed by atoms with Gasteiger partial charge < -0.3 is 14.8 Å². The highest BCUT2D eigenvalue weighted by molar-refractivity contribution is 5.36. The van der Waals surface area contributed by atoms with Crippen molar-refractivity contribution in [3.63, 3.8) is 0 Å². The Balaban J connectivity index is 2.02. The fraction of sp³-hybridized carbons (Fsp3) is 0.647. The third-order valence-corrected chi connectivity index (χ3v) is 4.13. The minimum absolute atomic E-state index is 0.162. The summed E-state index contributed by atoms with van der Waals surface area (Å²) in [5.41, 5.74) is 2.69. The first-order valence-corrected chi connectivity index (χ1v) is 7.62. The summed E-state index contributed by atoms with van der Waals surface area (Å²) in [5.74, 6) is 1.51. The smallest absolute Gasteiger partial charge is 0.128 e. The molecular formula is C17H27NO2. The summed E-state index contributed by atoms with van der Waals surface area (Å²) in [6.07, 6.45) is 1.33. The molecule has 1 aromatic rings. The second kappa shape index (κ2) is 6.59. The van der Waals surface area contributed by atoms with Crippen LogP contribution in [0.25, 0.3) is 0 Å². The zero-order valence-corrected chi connectivity index (χ0v) is 13.3. The zero-order valence-electron chi connectivity index (χ0n) is 13.3. The number of nitrogens with one attached hydrogen (secondary N) is 1. The number of hydrogen-bond acceptors (Lipinski definition) is 3. The lowest BCUT2D eigenvalue weighted by Gasteiger charge is -2.43. The van der Waals surface area contributed by atoms with Gasteiger partial charge >= 0.3 is 0 Å². The van der Waals surface area contributed by atoms with Crippen molar-refractivity contribution in [3.8, 4) is 5.75 Å². The fourth-order valence-electron chi connectivity index (χ4n) is 2.94. The highest BCUT2D eigenvalue weighted by atomic mass is 16.5. The quantitative estimate of drug-likeness (QED) is 0.865. The van der Waals surface area contributed by atoms with E-state index in [4.69, 9.17) is 9.47 Å². The van der Waals surface area contributed by atoms with E-state index in [2.05, 4.69) is 44.3 Å². The van der Waals surface area contributed by atoms with E-state index in [0.29, 0.717) is 12.0 Å². The van der Waals surface area contributed by atoms with Crippen LogP contribution in [0.1, 0.15) is 44.2 Å². The number of benzene rings is 1. The maximum absolute atomic E-state index is 6.10. The van der Waals surface area contributed by atoms with E-state index in [0.717, 1.165) is 18.8 Å². The van der Waals surface area contributed by atoms with Gasteiger partial charge in [0.25, 0.3) is 0 Å². The van der Waals surface area contributed by atoms with Crippen molar-refractivity contribution in [2.75, 3.05) is 13.7 Å². The lowest BCUT2D eigenvalue weighted by molar-refractivity contribution is -0.103. The van der Waals surface area contributed by atoms with Gasteiger partial charge in [-0.15, -0.1) is 0 Å². The highest BCUT2D eigenvalue weighted by Crippen LogP contribution is 2.30. The molecule has 0 spiro atoms. The van der Waals surface area contributed by atoms with Crippen molar-refractivity contribution in [2.45, 2.75) is 58.3 Å². The van der Waals surface area contributed by atoms with E-state index in [-0.39, 0.29) is 12.2 Å². The maximum Gasteiger partial charge on any atom is 0.128 e. The van der Waals surface area contributed by atoms with E-state index in [1.807, 2.05) is 14.0 Å². The van der Waals surface area contributed by atoms with Crippen LogP contribution < -0.4 is 10.1 Å². The standard InChI is InChI=1S/C17H27NO2/c1-6-19-17-15(18-5)10-16(17)20-13-7-8-14(11(2)3)12(4)9-13/h7-9,11,15-18H,6,10H2,1-5H3. The molecular weight excluding hydrogens is 250 g/mol. The van der Waals surface area contributed by atoms with Gasteiger partial charge in [0.2, 0.25) is 0 Å². The number of ether oxygens (including phenoxy) is 2. The van der Waals surface area contributed by atoms with Crippen LogP contribution in [0.5, 0.6) is 5.75 Å². The van der Waals surface area contributed by atoms with E-state index < -0.39 is 0 Å². The summed E-state index contributed by atoms with van der Waals surface area (Å²) in [6.45, 7) is 9.35. The molecule has 1 fully saturated rings. The Bertz CT molecular complexity index is 445. The van der Waals surface area contributed by atoms with Crippen molar-refractivity contribution in [3.05, 3.63) is 29.3 Å². The first-order chi connectivity index (χ1) is 9.56. The van der Waals surface area contributed by atoms with Crippen LogP contribution in [0.4, 0.5) is 0 Å². The van der Waals surface area contributed by atoms with Crippen LogP contribution in [0, 0.1) is 6.92 Å². The van der Waals surface area contributed by atoms with E-state index >= 15 is 0 Å². The minimum atomic E-state index is 0.162. The van der Waals surface area contributed by atoms with Gasteiger partial charge in [-0.2, -0.15) is 0 Å². The molecule has 1 aliphatic carbocycles. The topological polar surface area (TPSA) is 30.5 Å². The van der Waals surface area contributed by atoms with Gasteiger partial charge in [-0.3, -0.25) is 0 Å². The molecule has 1 aliphatic rings. The summed E-state index contributed by atoms with van der Waals surface area (Å²) in [5, 5.41) is 3.28. The molecule has 0 heterocycles. The number of rotatable bonds is 6. The largest absolute Gasteiger partial charge is 0.488 e. The molecule has 2 rings (SSSR count). The average molecular weight is 277 g/mol. The van der Waals surface area contributed by atoms with Crippen molar-refractivity contribution in [1.82, 2.24) is 5.32 Å². The van der Waals surface area contributed by atoms with Gasteiger partial charge in [0, 0.05) is 19.1 Å². The Hall–Kier alpha value is -1.06. The lowest BCUT2D eigenvalue weighted by Crippen LogP contribution is -2.60. The average Bonchev–Trinajstić information content (AvgIpc) is 2.40. The Labute approximate surface area is 122 Å². The third-order valence-electron chi connectivity index (χ3n) is 4.13. The number of likely N-dealkylation sites (N-methyl/N-ethyl adjacent to an activating group) is 1. The van der Waals surface area contributed by atoms with Crippen LogP contribution in [0.3, 0.4) is 0 Å². The molecule has 0 amide bonds. The van der Waals surface area contributed by atoms with Gasteiger partial charge in [0.05, 0.1) is 0 Å². The molecule has 3 nitrogen and oxygen atoms in total. The SMILES string of the molecule is CCOC1C(NC)CC1Oc1ccc(C(C)C)c(C)c1. The molecule has 1 saturated carbocycles. The molecule has 0 radical (unpaired) electrons. The Morgan fingerprint density at radius 3 is 2.65 bits per heavy atom. The van der Waals surface area contributed by atoms with Crippen LogP contribution in [-0.4, -0.2) is 31.9 Å². The first kappa shape index (κ1) is 15.3. The second-order valence-corrected chi connectivity index (χ2v) is 5.88. The Kier molecular flexibility index (Phi) is 5.06. The normalized spacial score (nSPS) is 25.6. The molecule has 1 aromatic carbocycles. The Morgan fingerprint density at radius 2 is 2.10 bits per heavy atom. The van der Waals surface area contributed by atoms with Crippen molar-refractivity contribution >= 4 is 0 Å². The van der Waals surface area contributed by atoms with E-state index in [1.54, 1.807) is 0 Å². The summed E-state index contributed by atoms with van der Waals surface area (Å²) < 4.78 is 11.9. The Morgan fingerprint density at radius 1 is 1.35 bits per heavy atom. The predicted molar refractivity (Wildman–Crippen MR) is 82.6 cm³/mol. The molecule has 0 bridgehead atoms. The van der Waals surface area contributed by atoms with Gasteiger partial charge in [-0.05, 0) is 50.1 Å². The molecule has 3 heteroatoms. The van der Waals surface area contributed by atoms with Gasteiger partial charge in [0.1, 0.15) is 18.0 Å². The number of aryl methyl sites for hydroxylation is 1. The fourth-order valence-corrected chi connectivity index (χ4v) is 2.94. The first-order valence-electron chi connectivity index (χ1n) is 7.62. The summed E-state index contributed by atoms with van der Waals surface area (Å²) in [4.78, 5) is 0. The minimum Gasteiger partial charge on any atom is -0.488 e. The zero-order chi connectivity index (χ0) is 14.7. The lowest BCUT2D eigenvalue weighted by atomic mass is 9.85. The molecule has 0 aliphatic heterocycles. The summed E-state index contributed by atoms with van der Waals surface area (Å²) in [7, 11) is 1.98. The van der Waals surface area contributed by atoms with E-state index in [1.165, 1.54) is 11.1 Å². The molecule has 20 heavy (non-hydrogen) atoms. The van der Waals surface area contributed by atoms with Crippen molar-refractivity contribution < 1.29 is 9.47 Å².